The van der Waals surface area contributed by atoms with Gasteiger partial charge < -0.3 is 9.99 Å². The Labute approximate surface area is 178 Å². The van der Waals surface area contributed by atoms with Crippen LogP contribution in [0.1, 0.15) is 39.5 Å². The monoisotopic (exact) mass is 420 g/mol. The Morgan fingerprint density at radius 3 is 2.23 bits per heavy atom. The summed E-state index contributed by atoms with van der Waals surface area (Å²) >= 11 is 0. The Bertz CT molecular complexity index is 1040. The summed E-state index contributed by atoms with van der Waals surface area (Å²) in [6, 6.07) is 19.8. The molecule has 2 aromatic rings. The molecular formula is C24H29N4OP. The lowest BCUT2D eigenvalue weighted by Crippen LogP contribution is -2.32. The molecule has 5 rings (SSSR count). The summed E-state index contributed by atoms with van der Waals surface area (Å²) in [5.41, 5.74) is 4.02. The molecule has 2 heterocycles. The van der Waals surface area contributed by atoms with Crippen LogP contribution in [0.3, 0.4) is 0 Å². The topological polar surface area (TPSA) is 47.9 Å². The van der Waals surface area contributed by atoms with Crippen molar-refractivity contribution in [3.8, 4) is 0 Å². The summed E-state index contributed by atoms with van der Waals surface area (Å²) in [6.07, 6.45) is 4.17. The van der Waals surface area contributed by atoms with Gasteiger partial charge >= 0.3 is 7.44 Å². The quantitative estimate of drug-likeness (QED) is 0.590. The normalized spacial score (nSPS) is 25.3. The van der Waals surface area contributed by atoms with Crippen LogP contribution in [0.25, 0.3) is 0 Å². The van der Waals surface area contributed by atoms with E-state index in [0.29, 0.717) is 0 Å². The lowest BCUT2D eigenvalue weighted by molar-refractivity contribution is 0.304. The Morgan fingerprint density at radius 1 is 0.933 bits per heavy atom. The van der Waals surface area contributed by atoms with E-state index < -0.39 is 7.44 Å². The predicted molar refractivity (Wildman–Crippen MR) is 125 cm³/mol. The molecule has 1 aliphatic carbocycles. The van der Waals surface area contributed by atoms with E-state index in [2.05, 4.69) is 23.8 Å². The van der Waals surface area contributed by atoms with Crippen LogP contribution in [0.15, 0.2) is 76.8 Å². The number of likely N-dealkylation sites (tertiary alicyclic amines) is 1. The molecule has 2 aliphatic heterocycles. The first-order valence-corrected chi connectivity index (χ1v) is 12.5. The summed E-state index contributed by atoms with van der Waals surface area (Å²) in [5.74, 6) is 0. The van der Waals surface area contributed by atoms with Gasteiger partial charge in [0.25, 0.3) is 0 Å². The van der Waals surface area contributed by atoms with Crippen LogP contribution < -0.4 is 9.87 Å². The van der Waals surface area contributed by atoms with Crippen molar-refractivity contribution in [2.75, 3.05) is 23.0 Å². The van der Waals surface area contributed by atoms with Gasteiger partial charge in [-0.15, -0.1) is 0 Å². The zero-order valence-corrected chi connectivity index (χ0v) is 18.6. The van der Waals surface area contributed by atoms with Crippen molar-refractivity contribution < 1.29 is 4.57 Å². The van der Waals surface area contributed by atoms with Crippen molar-refractivity contribution in [1.82, 2.24) is 4.90 Å². The molecule has 1 N–H and O–H groups in total. The van der Waals surface area contributed by atoms with Crippen molar-refractivity contribution in [3.63, 3.8) is 0 Å². The second kappa shape index (κ2) is 7.31. The molecule has 5 nitrogen and oxygen atoms in total. The maximum atomic E-state index is 14.9. The summed E-state index contributed by atoms with van der Waals surface area (Å²) in [6.45, 7) is 6.67. The Hall–Kier alpha value is -2.52. The number of rotatable bonds is 4. The molecule has 6 heteroatoms. The number of hydrogen-bond acceptors (Lipinski definition) is 3. The highest BCUT2D eigenvalue weighted by Gasteiger charge is 2.50. The van der Waals surface area contributed by atoms with Gasteiger partial charge in [-0.3, -0.25) is 4.57 Å². The van der Waals surface area contributed by atoms with Gasteiger partial charge in [0.05, 0.1) is 16.7 Å². The molecule has 30 heavy (non-hydrogen) atoms. The molecule has 156 valence electrons. The first-order valence-electron chi connectivity index (χ1n) is 10.8. The minimum absolute atomic E-state index is 0.102. The fraction of sp³-hybridized carbons (Fsp3) is 0.375. The number of para-hydroxylation sites is 2. The van der Waals surface area contributed by atoms with E-state index >= 15 is 0 Å². The van der Waals surface area contributed by atoms with Crippen molar-refractivity contribution in [2.45, 2.75) is 39.5 Å². The van der Waals surface area contributed by atoms with E-state index in [0.717, 1.165) is 48.3 Å². The van der Waals surface area contributed by atoms with Gasteiger partial charge in [-0.2, -0.15) is 9.88 Å². The number of benzene rings is 2. The van der Waals surface area contributed by atoms with Crippen LogP contribution in [0.2, 0.25) is 0 Å². The molecule has 3 aliphatic rings. The molecule has 1 saturated heterocycles. The predicted octanol–water partition coefficient (Wildman–Crippen LogP) is 6.30. The third-order valence-electron chi connectivity index (χ3n) is 6.15. The van der Waals surface area contributed by atoms with Gasteiger partial charge in [0.2, 0.25) is 0 Å². The van der Waals surface area contributed by atoms with Gasteiger partial charge in [0.15, 0.2) is 0 Å². The second-order valence-electron chi connectivity index (χ2n) is 9.23. The number of anilines is 2. The molecule has 0 radical (unpaired) electrons. The van der Waals surface area contributed by atoms with Gasteiger partial charge in [-0.1, -0.05) is 50.2 Å². The Kier molecular flexibility index (Phi) is 4.74. The minimum Gasteiger partial charge on any atom is -0.374 e. The first kappa shape index (κ1) is 19.4. The van der Waals surface area contributed by atoms with Crippen LogP contribution >= 0.6 is 7.44 Å². The zero-order valence-electron chi connectivity index (χ0n) is 17.7. The summed E-state index contributed by atoms with van der Waals surface area (Å²) in [7, 11) is -3.20. The fourth-order valence-electron chi connectivity index (χ4n) is 4.83. The van der Waals surface area contributed by atoms with Gasteiger partial charge in [-0.25, -0.2) is 0 Å². The highest BCUT2D eigenvalue weighted by molar-refractivity contribution is 7.73. The Morgan fingerprint density at radius 2 is 1.57 bits per heavy atom. The number of hydrazone groups is 1. The Balaban J connectivity index is 1.69. The molecule has 1 fully saturated rings. The molecule has 0 aromatic heterocycles. The molecule has 0 saturated carbocycles. The van der Waals surface area contributed by atoms with Crippen LogP contribution in [0.4, 0.5) is 11.4 Å². The van der Waals surface area contributed by atoms with E-state index in [-0.39, 0.29) is 5.41 Å². The fourth-order valence-corrected chi connectivity index (χ4v) is 7.46. The molecule has 0 unspecified atom stereocenters. The largest absolute Gasteiger partial charge is 0.374 e. The smallest absolute Gasteiger partial charge is 0.313 e. The van der Waals surface area contributed by atoms with E-state index in [4.69, 9.17) is 5.10 Å². The van der Waals surface area contributed by atoms with Crippen LogP contribution in [0.5, 0.6) is 0 Å². The van der Waals surface area contributed by atoms with E-state index in [1.165, 1.54) is 18.5 Å². The zero-order chi connectivity index (χ0) is 20.8. The van der Waals surface area contributed by atoms with Gasteiger partial charge in [-0.05, 0) is 55.4 Å². The summed E-state index contributed by atoms with van der Waals surface area (Å²) in [5, 5.41) is 9.36. The van der Waals surface area contributed by atoms with Crippen LogP contribution in [-0.2, 0) is 4.57 Å². The molecular weight excluding hydrogens is 391 g/mol. The lowest BCUT2D eigenvalue weighted by atomic mass is 9.78. The third kappa shape index (κ3) is 3.35. The van der Waals surface area contributed by atoms with Gasteiger partial charge in [0.1, 0.15) is 0 Å². The molecule has 0 bridgehead atoms. The second-order valence-corrected chi connectivity index (χ2v) is 11.4. The average molecular weight is 420 g/mol. The third-order valence-corrected chi connectivity index (χ3v) is 8.69. The maximum absolute atomic E-state index is 14.9. The standard InChI is InChI=1S/C24H29N4OP/c1-24(2)17-21-23(22(18-24)27-15-9-10-16-27)30(29,26-19-11-5-3-6-12-19)28(25-21)20-13-7-4-8-14-20/h3-8,11-14H,9-10,15-18H2,1-2H3,(H,26,29)/t30-/m0/s1. The number of nitrogens with zero attached hydrogens (tertiary/aromatic N) is 3. The minimum atomic E-state index is -3.20. The average Bonchev–Trinajstić information content (AvgIpc) is 3.35. The van der Waals surface area contributed by atoms with Crippen molar-refractivity contribution >= 4 is 24.5 Å². The maximum Gasteiger partial charge on any atom is 0.313 e. The van der Waals surface area contributed by atoms with Crippen LogP contribution in [0, 0.1) is 5.41 Å². The summed E-state index contributed by atoms with van der Waals surface area (Å²) in [4.78, 5) is 2.46. The SMILES string of the molecule is CC1(C)CC2=NN(c3ccccc3)[P@@](=O)(Nc3ccccc3)C2=C(N2CCCC2)C1. The van der Waals surface area contributed by atoms with Gasteiger partial charge in [0, 0.05) is 24.5 Å². The van der Waals surface area contributed by atoms with Crippen molar-refractivity contribution in [1.29, 1.82) is 0 Å². The number of allylic oxidation sites excluding steroid dienone is 2. The van der Waals surface area contributed by atoms with E-state index in [1.807, 2.05) is 60.7 Å². The van der Waals surface area contributed by atoms with Crippen molar-refractivity contribution in [2.24, 2.45) is 10.5 Å². The molecule has 2 aromatic carbocycles. The highest BCUT2D eigenvalue weighted by atomic mass is 31.2. The number of nitrogens with one attached hydrogen (secondary N) is 1. The van der Waals surface area contributed by atoms with Crippen LogP contribution in [-0.4, -0.2) is 23.7 Å². The van der Waals surface area contributed by atoms with E-state index in [9.17, 15) is 4.57 Å². The number of fused-ring (bicyclic) bond motifs is 1. The number of hydrogen-bond donors (Lipinski definition) is 1. The lowest BCUT2D eigenvalue weighted by Gasteiger charge is -2.38. The highest BCUT2D eigenvalue weighted by Crippen LogP contribution is 2.66. The first-order chi connectivity index (χ1) is 14.5. The summed E-state index contributed by atoms with van der Waals surface area (Å²) < 4.78 is 16.6. The van der Waals surface area contributed by atoms with Crippen molar-refractivity contribution in [3.05, 3.63) is 71.7 Å². The molecule has 1 atom stereocenters. The molecule has 0 spiro atoms. The molecule has 0 amide bonds. The van der Waals surface area contributed by atoms with E-state index in [1.54, 1.807) is 4.78 Å².